The molecule has 28 heavy (non-hydrogen) atoms. The molecule has 4 rings (SSSR count). The first-order valence-corrected chi connectivity index (χ1v) is 9.32. The molecule has 0 radical (unpaired) electrons. The van der Waals surface area contributed by atoms with Crippen molar-refractivity contribution in [2.24, 2.45) is 5.92 Å². The maximum Gasteiger partial charge on any atom is 0.255 e. The zero-order valence-corrected chi connectivity index (χ0v) is 15.3. The summed E-state index contributed by atoms with van der Waals surface area (Å²) in [7, 11) is 0. The fraction of sp³-hybridized carbons (Fsp3) is 0.130. The number of rotatable bonds is 6. The van der Waals surface area contributed by atoms with Crippen LogP contribution in [0.1, 0.15) is 23.2 Å². The molecule has 0 aliphatic heterocycles. The fourth-order valence-electron chi connectivity index (χ4n) is 2.82. The summed E-state index contributed by atoms with van der Waals surface area (Å²) < 4.78 is 0. The van der Waals surface area contributed by atoms with Gasteiger partial charge in [-0.2, -0.15) is 0 Å². The van der Waals surface area contributed by atoms with E-state index < -0.39 is 0 Å². The highest BCUT2D eigenvalue weighted by molar-refractivity contribution is 6.04. The fourth-order valence-corrected chi connectivity index (χ4v) is 2.82. The molecule has 0 spiro atoms. The lowest BCUT2D eigenvalue weighted by Crippen LogP contribution is -2.14. The number of carbonyl (C=O) groups is 2. The van der Waals surface area contributed by atoms with E-state index in [4.69, 9.17) is 0 Å². The van der Waals surface area contributed by atoms with Crippen LogP contribution in [-0.4, -0.2) is 11.8 Å². The molecule has 1 fully saturated rings. The van der Waals surface area contributed by atoms with Crippen LogP contribution < -0.4 is 16.0 Å². The topological polar surface area (TPSA) is 70.2 Å². The molecule has 0 saturated heterocycles. The molecule has 140 valence electrons. The molecule has 5 heteroatoms. The highest BCUT2D eigenvalue weighted by atomic mass is 16.2. The lowest BCUT2D eigenvalue weighted by atomic mass is 10.2. The molecule has 3 N–H and O–H groups in total. The number of hydrogen-bond donors (Lipinski definition) is 3. The Labute approximate surface area is 163 Å². The molecule has 0 bridgehead atoms. The first-order valence-electron chi connectivity index (χ1n) is 9.32. The highest BCUT2D eigenvalue weighted by Crippen LogP contribution is 2.30. The smallest absolute Gasteiger partial charge is 0.255 e. The zero-order chi connectivity index (χ0) is 19.3. The third-order valence-electron chi connectivity index (χ3n) is 4.57. The third-order valence-corrected chi connectivity index (χ3v) is 4.57. The van der Waals surface area contributed by atoms with Crippen molar-refractivity contribution in [3.05, 3.63) is 84.4 Å². The molecule has 5 nitrogen and oxygen atoms in total. The molecule has 0 heterocycles. The van der Waals surface area contributed by atoms with E-state index in [1.807, 2.05) is 54.6 Å². The lowest BCUT2D eigenvalue weighted by molar-refractivity contribution is -0.117. The third kappa shape index (κ3) is 4.57. The highest BCUT2D eigenvalue weighted by Gasteiger charge is 2.29. The van der Waals surface area contributed by atoms with Gasteiger partial charge in [-0.1, -0.05) is 18.2 Å². The second-order valence-corrected chi connectivity index (χ2v) is 6.86. The van der Waals surface area contributed by atoms with E-state index in [2.05, 4.69) is 16.0 Å². The summed E-state index contributed by atoms with van der Waals surface area (Å²) in [6.07, 6.45) is 1.93. The van der Waals surface area contributed by atoms with E-state index in [-0.39, 0.29) is 17.7 Å². The Morgan fingerprint density at radius 3 is 1.82 bits per heavy atom. The van der Waals surface area contributed by atoms with Gasteiger partial charge >= 0.3 is 0 Å². The Bertz CT molecular complexity index is 963. The minimum Gasteiger partial charge on any atom is -0.356 e. The molecular formula is C23H21N3O2. The maximum atomic E-state index is 12.4. The number of hydrogen-bond acceptors (Lipinski definition) is 3. The van der Waals surface area contributed by atoms with Crippen molar-refractivity contribution in [1.82, 2.24) is 0 Å². The summed E-state index contributed by atoms with van der Waals surface area (Å²) in [5, 5.41) is 9.05. The molecule has 3 aromatic carbocycles. The van der Waals surface area contributed by atoms with Gasteiger partial charge in [0, 0.05) is 34.2 Å². The average molecular weight is 371 g/mol. The van der Waals surface area contributed by atoms with Gasteiger partial charge in [0.15, 0.2) is 0 Å². The lowest BCUT2D eigenvalue weighted by Gasteiger charge is -2.09. The van der Waals surface area contributed by atoms with E-state index >= 15 is 0 Å². The number of benzene rings is 3. The van der Waals surface area contributed by atoms with Gasteiger partial charge in [-0.05, 0) is 73.5 Å². The van der Waals surface area contributed by atoms with E-state index in [1.54, 1.807) is 24.3 Å². The van der Waals surface area contributed by atoms with E-state index in [9.17, 15) is 9.59 Å². The molecule has 1 saturated carbocycles. The van der Waals surface area contributed by atoms with Crippen LogP contribution in [0.4, 0.5) is 22.7 Å². The number of anilines is 4. The molecule has 2 amide bonds. The molecular weight excluding hydrogens is 350 g/mol. The van der Waals surface area contributed by atoms with Crippen LogP contribution in [0.2, 0.25) is 0 Å². The van der Waals surface area contributed by atoms with E-state index in [0.717, 1.165) is 29.9 Å². The number of amides is 2. The van der Waals surface area contributed by atoms with Gasteiger partial charge in [0.2, 0.25) is 5.91 Å². The maximum absolute atomic E-state index is 12.4. The molecule has 0 unspecified atom stereocenters. The number of nitrogens with one attached hydrogen (secondary N) is 3. The standard InChI is InChI=1S/C23H21N3O2/c27-22(16-6-7-16)25-20-10-8-17(9-11-20)23(28)26-21-14-12-19(13-15-21)24-18-4-2-1-3-5-18/h1-5,8-16,24H,6-7H2,(H,25,27)(H,26,28). The molecule has 1 aliphatic rings. The quantitative estimate of drug-likeness (QED) is 0.569. The van der Waals surface area contributed by atoms with Crippen LogP contribution in [0.15, 0.2) is 78.9 Å². The van der Waals surface area contributed by atoms with Crippen molar-refractivity contribution < 1.29 is 9.59 Å². The predicted octanol–water partition coefficient (Wildman–Crippen LogP) is 5.03. The Morgan fingerprint density at radius 1 is 0.643 bits per heavy atom. The SMILES string of the molecule is O=C(Nc1ccc(Nc2ccccc2)cc1)c1ccc(NC(=O)C2CC2)cc1. The summed E-state index contributed by atoms with van der Waals surface area (Å²) >= 11 is 0. The molecule has 0 atom stereocenters. The average Bonchev–Trinajstić information content (AvgIpc) is 3.56. The van der Waals surface area contributed by atoms with E-state index in [0.29, 0.717) is 11.3 Å². The van der Waals surface area contributed by atoms with Crippen LogP contribution in [0.25, 0.3) is 0 Å². The van der Waals surface area contributed by atoms with Crippen LogP contribution in [0.5, 0.6) is 0 Å². The van der Waals surface area contributed by atoms with Crippen LogP contribution >= 0.6 is 0 Å². The van der Waals surface area contributed by atoms with Crippen molar-refractivity contribution in [3.63, 3.8) is 0 Å². The van der Waals surface area contributed by atoms with Crippen molar-refractivity contribution in [2.75, 3.05) is 16.0 Å². The Balaban J connectivity index is 1.34. The largest absolute Gasteiger partial charge is 0.356 e. The van der Waals surface area contributed by atoms with Gasteiger partial charge in [0.05, 0.1) is 0 Å². The van der Waals surface area contributed by atoms with Gasteiger partial charge in [0.1, 0.15) is 0 Å². The van der Waals surface area contributed by atoms with Crippen molar-refractivity contribution in [3.8, 4) is 0 Å². The van der Waals surface area contributed by atoms with Crippen LogP contribution in [0, 0.1) is 5.92 Å². The van der Waals surface area contributed by atoms with Crippen molar-refractivity contribution in [2.45, 2.75) is 12.8 Å². The van der Waals surface area contributed by atoms with Crippen molar-refractivity contribution in [1.29, 1.82) is 0 Å². The predicted molar refractivity (Wildman–Crippen MR) is 112 cm³/mol. The summed E-state index contributed by atoms with van der Waals surface area (Å²) in [5.41, 5.74) is 3.92. The normalized spacial score (nSPS) is 12.9. The minimum absolute atomic E-state index is 0.0569. The first-order chi connectivity index (χ1) is 13.7. The first kappa shape index (κ1) is 17.8. The number of carbonyl (C=O) groups excluding carboxylic acids is 2. The van der Waals surface area contributed by atoms with Gasteiger partial charge < -0.3 is 16.0 Å². The van der Waals surface area contributed by atoms with E-state index in [1.165, 1.54) is 0 Å². The summed E-state index contributed by atoms with van der Waals surface area (Å²) in [6, 6.07) is 24.4. The zero-order valence-electron chi connectivity index (χ0n) is 15.3. The molecule has 0 aromatic heterocycles. The number of para-hydroxylation sites is 1. The van der Waals surface area contributed by atoms with Gasteiger partial charge in [-0.15, -0.1) is 0 Å². The molecule has 3 aromatic rings. The second-order valence-electron chi connectivity index (χ2n) is 6.86. The van der Waals surface area contributed by atoms with Crippen LogP contribution in [0.3, 0.4) is 0 Å². The van der Waals surface area contributed by atoms with Crippen LogP contribution in [-0.2, 0) is 4.79 Å². The van der Waals surface area contributed by atoms with Crippen molar-refractivity contribution >= 4 is 34.6 Å². The van der Waals surface area contributed by atoms with Gasteiger partial charge in [-0.3, -0.25) is 9.59 Å². The Morgan fingerprint density at radius 2 is 1.18 bits per heavy atom. The monoisotopic (exact) mass is 371 g/mol. The summed E-state index contributed by atoms with van der Waals surface area (Å²) in [5.74, 6) is 0.0209. The minimum atomic E-state index is -0.191. The Kier molecular flexibility index (Phi) is 5.06. The molecule has 1 aliphatic carbocycles. The summed E-state index contributed by atoms with van der Waals surface area (Å²) in [4.78, 5) is 24.2. The second kappa shape index (κ2) is 7.96. The Hall–Kier alpha value is -3.60. The van der Waals surface area contributed by atoms with Gasteiger partial charge in [0.25, 0.3) is 5.91 Å². The summed E-state index contributed by atoms with van der Waals surface area (Å²) in [6.45, 7) is 0. The van der Waals surface area contributed by atoms with Gasteiger partial charge in [-0.25, -0.2) is 0 Å².